The van der Waals surface area contributed by atoms with E-state index in [9.17, 15) is 9.59 Å². The maximum Gasteiger partial charge on any atom is 0.337 e. The number of carbonyl (C=O) groups is 2. The second kappa shape index (κ2) is 7.88. The highest BCUT2D eigenvalue weighted by molar-refractivity contribution is 7.13. The normalized spacial score (nSPS) is 10.4. The van der Waals surface area contributed by atoms with Crippen molar-refractivity contribution in [3.8, 4) is 10.7 Å². The highest BCUT2D eigenvalue weighted by atomic mass is 32.1. The van der Waals surface area contributed by atoms with Crippen LogP contribution in [-0.2, 0) is 16.0 Å². The van der Waals surface area contributed by atoms with Gasteiger partial charge in [0.15, 0.2) is 0 Å². The van der Waals surface area contributed by atoms with Crippen LogP contribution in [0.25, 0.3) is 10.7 Å². The Bertz CT molecular complexity index is 938. The molecule has 132 valence electrons. The van der Waals surface area contributed by atoms with Crippen LogP contribution in [0.1, 0.15) is 21.6 Å². The van der Waals surface area contributed by atoms with Crippen molar-refractivity contribution in [3.05, 3.63) is 64.8 Å². The third kappa shape index (κ3) is 4.12. The lowest BCUT2D eigenvalue weighted by molar-refractivity contribution is -0.115. The van der Waals surface area contributed by atoms with Crippen molar-refractivity contribution >= 4 is 28.9 Å². The van der Waals surface area contributed by atoms with E-state index in [-0.39, 0.29) is 12.3 Å². The Labute approximate surface area is 154 Å². The first-order valence-electron chi connectivity index (χ1n) is 7.91. The number of rotatable bonds is 5. The zero-order valence-electron chi connectivity index (χ0n) is 14.4. The Kier molecular flexibility index (Phi) is 5.38. The summed E-state index contributed by atoms with van der Waals surface area (Å²) in [6, 6.07) is 10.7. The van der Waals surface area contributed by atoms with Gasteiger partial charge in [0.1, 0.15) is 5.01 Å². The molecule has 3 rings (SSSR count). The number of pyridine rings is 1. The van der Waals surface area contributed by atoms with Gasteiger partial charge in [0.05, 0.1) is 30.5 Å². The summed E-state index contributed by atoms with van der Waals surface area (Å²) in [4.78, 5) is 32.7. The molecular formula is C19H17N3O3S. The summed E-state index contributed by atoms with van der Waals surface area (Å²) < 4.78 is 4.71. The van der Waals surface area contributed by atoms with Crippen LogP contribution in [-0.4, -0.2) is 29.0 Å². The van der Waals surface area contributed by atoms with Crippen molar-refractivity contribution in [2.24, 2.45) is 0 Å². The second-order valence-electron chi connectivity index (χ2n) is 5.61. The van der Waals surface area contributed by atoms with Crippen molar-refractivity contribution in [1.29, 1.82) is 0 Å². The van der Waals surface area contributed by atoms with Gasteiger partial charge in [0.25, 0.3) is 0 Å². The lowest BCUT2D eigenvalue weighted by atomic mass is 10.1. The van der Waals surface area contributed by atoms with Crippen LogP contribution in [0.5, 0.6) is 0 Å². The number of amides is 1. The van der Waals surface area contributed by atoms with Gasteiger partial charge < -0.3 is 10.1 Å². The molecule has 1 N–H and O–H groups in total. The highest BCUT2D eigenvalue weighted by Gasteiger charge is 2.13. The third-order valence-corrected chi connectivity index (χ3v) is 4.62. The van der Waals surface area contributed by atoms with Crippen molar-refractivity contribution in [2.75, 3.05) is 12.4 Å². The largest absolute Gasteiger partial charge is 0.465 e. The molecule has 0 unspecified atom stereocenters. The Morgan fingerprint density at radius 2 is 2.08 bits per heavy atom. The summed E-state index contributed by atoms with van der Waals surface area (Å²) in [6.45, 7) is 1.86. The molecule has 0 spiro atoms. The number of methoxy groups -OCH3 is 1. The molecule has 26 heavy (non-hydrogen) atoms. The van der Waals surface area contributed by atoms with E-state index in [1.165, 1.54) is 18.4 Å². The monoisotopic (exact) mass is 367 g/mol. The fraction of sp³-hybridized carbons (Fsp3) is 0.158. The summed E-state index contributed by atoms with van der Waals surface area (Å²) in [5.74, 6) is -0.645. The highest BCUT2D eigenvalue weighted by Crippen LogP contribution is 2.22. The van der Waals surface area contributed by atoms with Crippen molar-refractivity contribution in [2.45, 2.75) is 13.3 Å². The fourth-order valence-electron chi connectivity index (χ4n) is 2.36. The van der Waals surface area contributed by atoms with Crippen molar-refractivity contribution < 1.29 is 14.3 Å². The van der Waals surface area contributed by atoms with Gasteiger partial charge in [-0.2, -0.15) is 0 Å². The summed E-state index contributed by atoms with van der Waals surface area (Å²) in [5, 5.41) is 5.45. The average molecular weight is 367 g/mol. The molecule has 7 heteroatoms. The van der Waals surface area contributed by atoms with E-state index in [0.717, 1.165) is 16.3 Å². The molecule has 1 aromatic carbocycles. The van der Waals surface area contributed by atoms with Crippen LogP contribution in [0.3, 0.4) is 0 Å². The predicted molar refractivity (Wildman–Crippen MR) is 100 cm³/mol. The third-order valence-electron chi connectivity index (χ3n) is 3.71. The lowest BCUT2D eigenvalue weighted by Crippen LogP contribution is -2.16. The maximum atomic E-state index is 12.4. The maximum absolute atomic E-state index is 12.4. The number of nitrogens with one attached hydrogen (secondary N) is 1. The molecule has 3 aromatic rings. The van der Waals surface area contributed by atoms with Crippen LogP contribution in [0.2, 0.25) is 0 Å². The van der Waals surface area contributed by atoms with E-state index in [4.69, 9.17) is 4.74 Å². The molecule has 0 saturated carbocycles. The Morgan fingerprint density at radius 1 is 1.23 bits per heavy atom. The number of hydrogen-bond acceptors (Lipinski definition) is 6. The molecule has 0 aliphatic heterocycles. The Hall–Kier alpha value is -3.06. The zero-order chi connectivity index (χ0) is 18.5. The second-order valence-corrected chi connectivity index (χ2v) is 6.46. The first kappa shape index (κ1) is 17.8. The van der Waals surface area contributed by atoms with E-state index in [1.807, 2.05) is 30.5 Å². The lowest BCUT2D eigenvalue weighted by Gasteiger charge is -2.09. The van der Waals surface area contributed by atoms with E-state index in [2.05, 4.69) is 15.3 Å². The van der Waals surface area contributed by atoms with E-state index in [0.29, 0.717) is 16.9 Å². The number of carbonyl (C=O) groups excluding carboxylic acids is 2. The fourth-order valence-corrected chi connectivity index (χ4v) is 3.15. The molecule has 2 aromatic heterocycles. The van der Waals surface area contributed by atoms with Gasteiger partial charge >= 0.3 is 5.97 Å². The van der Waals surface area contributed by atoms with E-state index < -0.39 is 5.97 Å². The van der Waals surface area contributed by atoms with E-state index in [1.54, 1.807) is 24.4 Å². The Morgan fingerprint density at radius 3 is 2.81 bits per heavy atom. The number of aryl methyl sites for hydroxylation is 1. The first-order valence-corrected chi connectivity index (χ1v) is 8.79. The van der Waals surface area contributed by atoms with Crippen LogP contribution in [0, 0.1) is 6.92 Å². The van der Waals surface area contributed by atoms with E-state index >= 15 is 0 Å². The van der Waals surface area contributed by atoms with Gasteiger partial charge in [0.2, 0.25) is 5.91 Å². The van der Waals surface area contributed by atoms with Crippen molar-refractivity contribution in [1.82, 2.24) is 9.97 Å². The van der Waals surface area contributed by atoms with Gasteiger partial charge in [-0.1, -0.05) is 12.1 Å². The number of thiazole rings is 1. The molecule has 2 heterocycles. The summed E-state index contributed by atoms with van der Waals surface area (Å²) >= 11 is 1.45. The van der Waals surface area contributed by atoms with Crippen molar-refractivity contribution in [3.63, 3.8) is 0 Å². The molecule has 6 nitrogen and oxygen atoms in total. The minimum atomic E-state index is -0.444. The summed E-state index contributed by atoms with van der Waals surface area (Å²) in [6.07, 6.45) is 1.85. The van der Waals surface area contributed by atoms with Gasteiger partial charge in [-0.3, -0.25) is 9.78 Å². The van der Waals surface area contributed by atoms with Gasteiger partial charge in [-0.15, -0.1) is 11.3 Å². The molecule has 0 atom stereocenters. The minimum absolute atomic E-state index is 0.144. The quantitative estimate of drug-likeness (QED) is 0.698. The number of benzene rings is 1. The molecule has 0 fully saturated rings. The molecular weight excluding hydrogens is 350 g/mol. The summed E-state index contributed by atoms with van der Waals surface area (Å²) in [7, 11) is 1.32. The molecule has 0 aliphatic rings. The van der Waals surface area contributed by atoms with Crippen LogP contribution in [0.15, 0.2) is 48.0 Å². The average Bonchev–Trinajstić information content (AvgIpc) is 3.12. The smallest absolute Gasteiger partial charge is 0.337 e. The number of ether oxygens (including phenoxy) is 1. The van der Waals surface area contributed by atoms with Gasteiger partial charge in [-0.05, 0) is 36.8 Å². The topological polar surface area (TPSA) is 81.2 Å². The van der Waals surface area contributed by atoms with Crippen LogP contribution in [0.4, 0.5) is 5.69 Å². The summed E-state index contributed by atoms with van der Waals surface area (Å²) in [5.41, 5.74) is 3.29. The first-order chi connectivity index (χ1) is 12.6. The molecule has 0 radical (unpaired) electrons. The molecule has 0 aliphatic carbocycles. The molecule has 0 saturated heterocycles. The Balaban J connectivity index is 1.70. The standard InChI is InChI=1S/C19H17N3O3S/c1-12-6-7-13(19(24)25-2)9-16(12)22-17(23)10-14-11-26-18(21-14)15-5-3-4-8-20-15/h3-9,11H,10H2,1-2H3,(H,22,23). The predicted octanol–water partition coefficient (Wildman–Crippen LogP) is 3.48. The number of hydrogen-bond donors (Lipinski definition) is 1. The minimum Gasteiger partial charge on any atom is -0.465 e. The number of aromatic nitrogens is 2. The SMILES string of the molecule is COC(=O)c1ccc(C)c(NC(=O)Cc2csc(-c3ccccn3)n2)c1. The number of esters is 1. The van der Waals surface area contributed by atoms with Crippen LogP contribution >= 0.6 is 11.3 Å². The van der Waals surface area contributed by atoms with Gasteiger partial charge in [0, 0.05) is 17.3 Å². The van der Waals surface area contributed by atoms with Gasteiger partial charge in [-0.25, -0.2) is 9.78 Å². The molecule has 0 bridgehead atoms. The number of anilines is 1. The van der Waals surface area contributed by atoms with Crippen LogP contribution < -0.4 is 5.32 Å². The molecule has 1 amide bonds. The number of nitrogens with zero attached hydrogens (tertiary/aromatic N) is 2. The zero-order valence-corrected chi connectivity index (χ0v) is 15.2.